The van der Waals surface area contributed by atoms with E-state index in [2.05, 4.69) is 5.32 Å². The summed E-state index contributed by atoms with van der Waals surface area (Å²) in [7, 11) is 1.33. The number of non-ortho nitro benzene ring substituents is 1. The van der Waals surface area contributed by atoms with Crippen LogP contribution in [0.4, 0.5) is 11.4 Å². The van der Waals surface area contributed by atoms with Gasteiger partial charge in [-0.1, -0.05) is 18.2 Å². The third-order valence-electron chi connectivity index (χ3n) is 4.82. The summed E-state index contributed by atoms with van der Waals surface area (Å²) in [5.74, 6) is -0.544. The van der Waals surface area contributed by atoms with Crippen molar-refractivity contribution in [2.45, 2.75) is 24.9 Å². The van der Waals surface area contributed by atoms with Crippen LogP contribution in [0.5, 0.6) is 0 Å². The van der Waals surface area contributed by atoms with Crippen molar-refractivity contribution in [2.24, 2.45) is 0 Å². The highest BCUT2D eigenvalue weighted by Crippen LogP contribution is 2.27. The first-order valence-electron chi connectivity index (χ1n) is 8.94. The van der Waals surface area contributed by atoms with E-state index in [1.807, 2.05) is 11.0 Å². The Labute approximate surface area is 162 Å². The van der Waals surface area contributed by atoms with Gasteiger partial charge in [-0.15, -0.1) is 0 Å². The first-order chi connectivity index (χ1) is 13.5. The van der Waals surface area contributed by atoms with Gasteiger partial charge in [0.1, 0.15) is 6.04 Å². The summed E-state index contributed by atoms with van der Waals surface area (Å²) in [6.45, 7) is 0.399. The van der Waals surface area contributed by atoms with Crippen LogP contribution in [-0.4, -0.2) is 42.5 Å². The van der Waals surface area contributed by atoms with E-state index in [9.17, 15) is 19.7 Å². The number of anilines is 1. The summed E-state index contributed by atoms with van der Waals surface area (Å²) < 4.78 is 4.91. The van der Waals surface area contributed by atoms with Crippen molar-refractivity contribution in [2.75, 3.05) is 18.6 Å². The van der Waals surface area contributed by atoms with E-state index in [4.69, 9.17) is 4.74 Å². The highest BCUT2D eigenvalue weighted by Gasteiger charge is 2.34. The molecule has 1 aliphatic rings. The van der Waals surface area contributed by atoms with Crippen LogP contribution in [-0.2, 0) is 9.53 Å². The van der Waals surface area contributed by atoms with Crippen molar-refractivity contribution >= 4 is 23.3 Å². The zero-order valence-electron chi connectivity index (χ0n) is 15.4. The van der Waals surface area contributed by atoms with Crippen LogP contribution in [0, 0.1) is 10.1 Å². The topological polar surface area (TPSA) is 102 Å². The van der Waals surface area contributed by atoms with Gasteiger partial charge in [0.05, 0.1) is 12.0 Å². The third-order valence-corrected chi connectivity index (χ3v) is 4.82. The average molecular weight is 383 g/mol. The maximum Gasteiger partial charge on any atom is 0.328 e. The molecule has 8 heteroatoms. The van der Waals surface area contributed by atoms with Crippen LogP contribution < -0.4 is 10.2 Å². The monoisotopic (exact) mass is 383 g/mol. The molecule has 3 rings (SSSR count). The molecule has 8 nitrogen and oxygen atoms in total. The fraction of sp³-hybridized carbons (Fsp3) is 0.300. The molecule has 2 atom stereocenters. The first-order valence-corrected chi connectivity index (χ1v) is 8.94. The van der Waals surface area contributed by atoms with Gasteiger partial charge in [-0.2, -0.15) is 0 Å². The van der Waals surface area contributed by atoms with E-state index < -0.39 is 11.0 Å². The van der Waals surface area contributed by atoms with Gasteiger partial charge in [0, 0.05) is 36.0 Å². The molecule has 0 saturated carbocycles. The number of esters is 1. The molecule has 2 unspecified atom stereocenters. The highest BCUT2D eigenvalue weighted by atomic mass is 16.6. The maximum atomic E-state index is 12.5. The summed E-state index contributed by atoms with van der Waals surface area (Å²) in [6.07, 6.45) is 1.13. The fourth-order valence-corrected chi connectivity index (χ4v) is 3.38. The summed E-state index contributed by atoms with van der Waals surface area (Å²) in [4.78, 5) is 36.9. The Balaban J connectivity index is 1.78. The molecule has 0 aromatic heterocycles. The Morgan fingerprint density at radius 2 is 1.79 bits per heavy atom. The second-order valence-corrected chi connectivity index (χ2v) is 6.58. The molecule has 28 heavy (non-hydrogen) atoms. The van der Waals surface area contributed by atoms with Crippen LogP contribution in [0.15, 0.2) is 54.6 Å². The average Bonchev–Trinajstić information content (AvgIpc) is 2.73. The molecule has 0 radical (unpaired) electrons. The van der Waals surface area contributed by atoms with Crippen molar-refractivity contribution < 1.29 is 19.2 Å². The molecule has 1 heterocycles. The number of hydrogen-bond donors (Lipinski definition) is 1. The second-order valence-electron chi connectivity index (χ2n) is 6.58. The number of amides is 1. The van der Waals surface area contributed by atoms with Crippen LogP contribution in [0.3, 0.4) is 0 Å². The van der Waals surface area contributed by atoms with Crippen molar-refractivity contribution in [3.63, 3.8) is 0 Å². The van der Waals surface area contributed by atoms with E-state index in [1.54, 1.807) is 36.4 Å². The van der Waals surface area contributed by atoms with Crippen LogP contribution >= 0.6 is 0 Å². The predicted octanol–water partition coefficient (Wildman–Crippen LogP) is 2.54. The molecule has 0 bridgehead atoms. The summed E-state index contributed by atoms with van der Waals surface area (Å²) >= 11 is 0. The Bertz CT molecular complexity index is 854. The minimum atomic E-state index is -0.503. The van der Waals surface area contributed by atoms with Gasteiger partial charge in [-0.25, -0.2) is 4.79 Å². The lowest BCUT2D eigenvalue weighted by molar-refractivity contribution is -0.384. The van der Waals surface area contributed by atoms with Crippen molar-refractivity contribution in [3.8, 4) is 0 Å². The van der Waals surface area contributed by atoms with E-state index in [0.29, 0.717) is 30.6 Å². The summed E-state index contributed by atoms with van der Waals surface area (Å²) in [5, 5.41) is 13.9. The Morgan fingerprint density at radius 1 is 1.11 bits per heavy atom. The predicted molar refractivity (Wildman–Crippen MR) is 103 cm³/mol. The normalized spacial score (nSPS) is 19.0. The van der Waals surface area contributed by atoms with E-state index in [0.717, 1.165) is 0 Å². The lowest BCUT2D eigenvalue weighted by Crippen LogP contribution is -2.54. The third kappa shape index (κ3) is 4.28. The molecule has 2 aromatic carbocycles. The molecule has 0 spiro atoms. The van der Waals surface area contributed by atoms with Gasteiger partial charge in [0.25, 0.3) is 11.6 Å². The van der Waals surface area contributed by atoms with E-state index >= 15 is 0 Å². The lowest BCUT2D eigenvalue weighted by Gasteiger charge is -2.39. The minimum absolute atomic E-state index is 0.0238. The summed E-state index contributed by atoms with van der Waals surface area (Å²) in [5.41, 5.74) is 1.21. The SMILES string of the molecule is COC(=O)C1CCC(NC(=O)c2ccccc2)CN1c1ccc([N+](=O)[O-])cc1. The van der Waals surface area contributed by atoms with Crippen LogP contribution in [0.25, 0.3) is 0 Å². The first kappa shape index (κ1) is 19.3. The van der Waals surface area contributed by atoms with Crippen molar-refractivity contribution in [3.05, 3.63) is 70.3 Å². The number of ether oxygens (including phenoxy) is 1. The number of nitro groups is 1. The number of carbonyl (C=O) groups is 2. The molecule has 146 valence electrons. The quantitative estimate of drug-likeness (QED) is 0.484. The molecule has 2 aromatic rings. The highest BCUT2D eigenvalue weighted by molar-refractivity contribution is 5.94. The van der Waals surface area contributed by atoms with E-state index in [-0.39, 0.29) is 23.6 Å². The smallest absolute Gasteiger partial charge is 0.328 e. The minimum Gasteiger partial charge on any atom is -0.467 e. The molecule has 0 aliphatic carbocycles. The van der Waals surface area contributed by atoms with Crippen molar-refractivity contribution in [1.82, 2.24) is 5.32 Å². The fourth-order valence-electron chi connectivity index (χ4n) is 3.38. The summed E-state index contributed by atoms with van der Waals surface area (Å²) in [6, 6.07) is 14.3. The molecule has 1 saturated heterocycles. The Hall–Kier alpha value is -3.42. The zero-order chi connectivity index (χ0) is 20.1. The maximum absolute atomic E-state index is 12.5. The number of nitrogens with one attached hydrogen (secondary N) is 1. The number of rotatable bonds is 5. The number of piperidine rings is 1. The molecule has 1 aliphatic heterocycles. The number of hydrogen-bond acceptors (Lipinski definition) is 6. The largest absolute Gasteiger partial charge is 0.467 e. The van der Waals surface area contributed by atoms with Crippen LogP contribution in [0.2, 0.25) is 0 Å². The van der Waals surface area contributed by atoms with Gasteiger partial charge in [0.15, 0.2) is 0 Å². The van der Waals surface area contributed by atoms with Gasteiger partial charge >= 0.3 is 5.97 Å². The Morgan fingerprint density at radius 3 is 2.39 bits per heavy atom. The molecular formula is C20H21N3O5. The number of nitrogens with zero attached hydrogens (tertiary/aromatic N) is 2. The zero-order valence-corrected chi connectivity index (χ0v) is 15.4. The van der Waals surface area contributed by atoms with Gasteiger partial charge in [-0.3, -0.25) is 14.9 Å². The number of methoxy groups -OCH3 is 1. The standard InChI is InChI=1S/C20H21N3O5/c1-28-20(25)18-12-7-15(21-19(24)14-5-3-2-4-6-14)13-22(18)16-8-10-17(11-9-16)23(26)27/h2-6,8-11,15,18H,7,12-13H2,1H3,(H,21,24). The van der Waals surface area contributed by atoms with E-state index in [1.165, 1.54) is 19.2 Å². The van der Waals surface area contributed by atoms with Gasteiger partial charge < -0.3 is 15.0 Å². The molecular weight excluding hydrogens is 362 g/mol. The number of nitro benzene ring substituents is 1. The molecule has 1 fully saturated rings. The molecule has 1 N–H and O–H groups in total. The lowest BCUT2D eigenvalue weighted by atomic mass is 9.96. The van der Waals surface area contributed by atoms with Gasteiger partial charge in [-0.05, 0) is 37.1 Å². The number of carbonyl (C=O) groups excluding carboxylic acids is 2. The van der Waals surface area contributed by atoms with Crippen molar-refractivity contribution in [1.29, 1.82) is 0 Å². The van der Waals surface area contributed by atoms with Crippen LogP contribution in [0.1, 0.15) is 23.2 Å². The second kappa shape index (κ2) is 8.51. The number of benzene rings is 2. The molecule has 1 amide bonds. The Kier molecular flexibility index (Phi) is 5.88. The van der Waals surface area contributed by atoms with Gasteiger partial charge in [0.2, 0.25) is 0 Å².